The summed E-state index contributed by atoms with van der Waals surface area (Å²) in [6, 6.07) is 0. The summed E-state index contributed by atoms with van der Waals surface area (Å²) in [5, 5.41) is 0.637. The number of thioether (sulfide) groups is 1. The van der Waals surface area contributed by atoms with Gasteiger partial charge in [0, 0.05) is 34.3 Å². The summed E-state index contributed by atoms with van der Waals surface area (Å²) in [5.41, 5.74) is 0.364. The minimum atomic E-state index is -0.776. The van der Waals surface area contributed by atoms with Crippen LogP contribution < -0.4 is 0 Å². The molecule has 0 aromatic carbocycles. The lowest BCUT2D eigenvalue weighted by atomic mass is 10.0. The molecule has 0 saturated carbocycles. The minimum absolute atomic E-state index is 0.191. The smallest absolute Gasteiger partial charge is 0.334 e. The van der Waals surface area contributed by atoms with Crippen molar-refractivity contribution >= 4 is 28.5 Å². The van der Waals surface area contributed by atoms with E-state index in [1.165, 1.54) is 0 Å². The molecule has 3 nitrogen and oxygen atoms in total. The van der Waals surface area contributed by atoms with E-state index in [1.807, 2.05) is 26.8 Å². The Morgan fingerprint density at radius 1 is 1.56 bits per heavy atom. The van der Waals surface area contributed by atoms with Crippen molar-refractivity contribution in [3.05, 3.63) is 11.6 Å². The number of rotatable bonds is 5. The van der Waals surface area contributed by atoms with E-state index in [4.69, 9.17) is 4.74 Å². The molecule has 0 fully saturated rings. The first-order chi connectivity index (χ1) is 8.29. The van der Waals surface area contributed by atoms with E-state index < -0.39 is 16.4 Å². The average molecular weight is 290 g/mol. The molecule has 104 valence electrons. The van der Waals surface area contributed by atoms with Gasteiger partial charge in [0.1, 0.15) is 5.60 Å². The molecule has 5 heteroatoms. The average Bonchev–Trinajstić information content (AvgIpc) is 2.62. The van der Waals surface area contributed by atoms with E-state index >= 15 is 0 Å². The maximum Gasteiger partial charge on any atom is 0.334 e. The topological polar surface area (TPSA) is 43.4 Å². The van der Waals surface area contributed by atoms with Crippen molar-refractivity contribution in [1.82, 2.24) is 0 Å². The third-order valence-corrected chi connectivity index (χ3v) is 5.15. The van der Waals surface area contributed by atoms with Gasteiger partial charge in [-0.3, -0.25) is 4.21 Å². The molecule has 0 unspecified atom stereocenters. The second-order valence-electron chi connectivity index (χ2n) is 5.50. The van der Waals surface area contributed by atoms with Gasteiger partial charge >= 0.3 is 5.97 Å². The van der Waals surface area contributed by atoms with Crippen LogP contribution in [-0.4, -0.2) is 32.9 Å². The number of allylic oxidation sites excluding steroid dienone is 1. The molecule has 0 N–H and O–H groups in total. The van der Waals surface area contributed by atoms with Crippen molar-refractivity contribution in [1.29, 1.82) is 0 Å². The van der Waals surface area contributed by atoms with Gasteiger partial charge in [0.2, 0.25) is 0 Å². The molecule has 1 rings (SSSR count). The molecule has 0 heterocycles. The third kappa shape index (κ3) is 5.57. The number of carbonyl (C=O) groups excluding carboxylic acids is 1. The largest absolute Gasteiger partial charge is 0.457 e. The second kappa shape index (κ2) is 6.75. The summed E-state index contributed by atoms with van der Waals surface area (Å²) in [7, 11) is -0.776. The number of hydrogen-bond donors (Lipinski definition) is 0. The van der Waals surface area contributed by atoms with Crippen LogP contribution in [0.15, 0.2) is 11.6 Å². The Hall–Kier alpha value is -0.290. The maximum atomic E-state index is 12.0. The highest BCUT2D eigenvalue weighted by molar-refractivity contribution is 8.10. The van der Waals surface area contributed by atoms with E-state index in [2.05, 4.69) is 0 Å². The van der Waals surface area contributed by atoms with Crippen molar-refractivity contribution in [3.63, 3.8) is 0 Å². The highest BCUT2D eigenvalue weighted by Gasteiger charge is 2.28. The predicted molar refractivity (Wildman–Crippen MR) is 78.0 cm³/mol. The molecule has 1 aliphatic rings. The van der Waals surface area contributed by atoms with Gasteiger partial charge in [0.25, 0.3) is 0 Å². The Morgan fingerprint density at radius 3 is 2.78 bits per heavy atom. The fourth-order valence-corrected chi connectivity index (χ4v) is 3.78. The summed E-state index contributed by atoms with van der Waals surface area (Å²) < 4.78 is 16.4. The summed E-state index contributed by atoms with van der Waals surface area (Å²) in [6.07, 6.45) is 5.63. The van der Waals surface area contributed by atoms with Crippen LogP contribution >= 0.6 is 11.8 Å². The van der Waals surface area contributed by atoms with Crippen molar-refractivity contribution in [3.8, 4) is 0 Å². The Bertz CT molecular complexity index is 356. The number of esters is 1. The zero-order valence-corrected chi connectivity index (χ0v) is 13.2. The maximum absolute atomic E-state index is 12.0. The van der Waals surface area contributed by atoms with Crippen LogP contribution in [0.2, 0.25) is 0 Å². The summed E-state index contributed by atoms with van der Waals surface area (Å²) in [4.78, 5) is 12.0. The molecular weight excluding hydrogens is 268 g/mol. The predicted octanol–water partition coefficient (Wildman–Crippen LogP) is 2.73. The molecule has 0 spiro atoms. The van der Waals surface area contributed by atoms with Crippen LogP contribution in [0.3, 0.4) is 0 Å². The van der Waals surface area contributed by atoms with Gasteiger partial charge in [-0.2, -0.15) is 0 Å². The Morgan fingerprint density at radius 2 is 2.22 bits per heavy atom. The quantitative estimate of drug-likeness (QED) is 0.730. The molecule has 1 aliphatic carbocycles. The van der Waals surface area contributed by atoms with Crippen LogP contribution in [0.5, 0.6) is 0 Å². The van der Waals surface area contributed by atoms with E-state index in [0.717, 1.165) is 24.2 Å². The van der Waals surface area contributed by atoms with Gasteiger partial charge in [-0.15, -0.1) is 11.8 Å². The number of carbonyl (C=O) groups is 1. The van der Waals surface area contributed by atoms with Gasteiger partial charge in [0.15, 0.2) is 0 Å². The van der Waals surface area contributed by atoms with Crippen molar-refractivity contribution in [2.75, 3.05) is 17.1 Å². The zero-order valence-electron chi connectivity index (χ0n) is 11.5. The van der Waals surface area contributed by atoms with Crippen LogP contribution in [0, 0.1) is 5.92 Å². The Kier molecular flexibility index (Phi) is 5.92. The number of ether oxygens (including phenoxy) is 1. The van der Waals surface area contributed by atoms with Gasteiger partial charge < -0.3 is 4.74 Å². The first-order valence-electron chi connectivity index (χ1n) is 6.11. The van der Waals surface area contributed by atoms with E-state index in [9.17, 15) is 9.00 Å². The summed E-state index contributed by atoms with van der Waals surface area (Å²) in [6.45, 7) is 5.64. The standard InChI is InChI=1S/C13H22O3S2/c1-13(2,3)16-12(14)11-7-5-6-10(11)8-17-9-18(4)15/h7,10H,5-6,8-9H2,1-4H3/t10-,18-/m1/s1. The zero-order chi connectivity index (χ0) is 13.8. The van der Waals surface area contributed by atoms with Crippen molar-refractivity contribution in [2.24, 2.45) is 5.92 Å². The molecule has 0 radical (unpaired) electrons. The Labute approximate surface area is 116 Å². The normalized spacial score (nSPS) is 21.6. The summed E-state index contributed by atoms with van der Waals surface area (Å²) >= 11 is 1.65. The van der Waals surface area contributed by atoms with E-state index in [0.29, 0.717) is 5.08 Å². The fourth-order valence-electron chi connectivity index (χ4n) is 1.83. The third-order valence-electron chi connectivity index (χ3n) is 2.52. The SMILES string of the molecule is C[S@@](=O)CSC[C@H]1CCC=C1C(=O)OC(C)(C)C. The first-order valence-corrected chi connectivity index (χ1v) is 8.99. The molecule has 2 atom stereocenters. The lowest BCUT2D eigenvalue weighted by Crippen LogP contribution is -2.26. The first kappa shape index (κ1) is 15.8. The molecule has 18 heavy (non-hydrogen) atoms. The molecular formula is C13H22O3S2. The van der Waals surface area contributed by atoms with E-state index in [-0.39, 0.29) is 11.9 Å². The van der Waals surface area contributed by atoms with Gasteiger partial charge in [0.05, 0.1) is 5.08 Å². The summed E-state index contributed by atoms with van der Waals surface area (Å²) in [5.74, 6) is 0.918. The van der Waals surface area contributed by atoms with Crippen LogP contribution in [-0.2, 0) is 20.3 Å². The molecule has 0 bridgehead atoms. The lowest BCUT2D eigenvalue weighted by Gasteiger charge is -2.22. The number of hydrogen-bond acceptors (Lipinski definition) is 4. The fraction of sp³-hybridized carbons (Fsp3) is 0.769. The molecule has 0 aromatic heterocycles. The van der Waals surface area contributed by atoms with Crippen LogP contribution in [0.1, 0.15) is 33.6 Å². The minimum Gasteiger partial charge on any atom is -0.457 e. The molecule has 0 amide bonds. The van der Waals surface area contributed by atoms with Gasteiger partial charge in [-0.25, -0.2) is 4.79 Å². The monoisotopic (exact) mass is 290 g/mol. The van der Waals surface area contributed by atoms with Gasteiger partial charge in [-0.1, -0.05) is 6.08 Å². The van der Waals surface area contributed by atoms with Crippen molar-refractivity contribution in [2.45, 2.75) is 39.2 Å². The second-order valence-corrected chi connectivity index (χ2v) is 8.33. The van der Waals surface area contributed by atoms with Crippen LogP contribution in [0.4, 0.5) is 0 Å². The highest BCUT2D eigenvalue weighted by Crippen LogP contribution is 2.31. The molecule has 0 aliphatic heterocycles. The Balaban J connectivity index is 2.49. The lowest BCUT2D eigenvalue weighted by molar-refractivity contribution is -0.150. The van der Waals surface area contributed by atoms with Crippen LogP contribution in [0.25, 0.3) is 0 Å². The highest BCUT2D eigenvalue weighted by atomic mass is 32.2. The van der Waals surface area contributed by atoms with Gasteiger partial charge in [-0.05, 0) is 33.6 Å². The molecule has 0 aromatic rings. The van der Waals surface area contributed by atoms with E-state index in [1.54, 1.807) is 18.0 Å². The molecule has 0 saturated heterocycles. The van der Waals surface area contributed by atoms with Crippen molar-refractivity contribution < 1.29 is 13.7 Å².